The number of rotatable bonds is 3. The van der Waals surface area contributed by atoms with E-state index in [2.05, 4.69) is 30.5 Å². The van der Waals surface area contributed by atoms with Crippen molar-refractivity contribution in [3.05, 3.63) is 36.3 Å². The van der Waals surface area contributed by atoms with Crippen molar-refractivity contribution in [1.29, 1.82) is 0 Å². The van der Waals surface area contributed by atoms with Crippen LogP contribution in [-0.4, -0.2) is 50.1 Å². The molecular weight excluding hydrogens is 375 g/mol. The van der Waals surface area contributed by atoms with Crippen LogP contribution in [0.2, 0.25) is 0 Å². The average molecular weight is 393 g/mol. The van der Waals surface area contributed by atoms with Crippen molar-refractivity contribution in [2.45, 2.75) is 32.2 Å². The zero-order valence-electron chi connectivity index (χ0n) is 15.2. The summed E-state index contributed by atoms with van der Waals surface area (Å²) < 4.78 is 45.3. The molecule has 0 radical (unpaired) electrons. The van der Waals surface area contributed by atoms with Crippen molar-refractivity contribution in [2.24, 2.45) is 0 Å². The summed E-state index contributed by atoms with van der Waals surface area (Å²) in [4.78, 5) is 6.58. The van der Waals surface area contributed by atoms with E-state index in [9.17, 15) is 13.2 Å². The molecule has 0 unspecified atom stereocenters. The number of morpholine rings is 1. The van der Waals surface area contributed by atoms with Crippen LogP contribution in [0.15, 0.2) is 30.5 Å². The number of alkyl halides is 3. The van der Waals surface area contributed by atoms with Crippen LogP contribution in [0.5, 0.6) is 0 Å². The minimum absolute atomic E-state index is 0.0157. The summed E-state index contributed by atoms with van der Waals surface area (Å²) in [5.74, 6) is -0.134. The molecule has 4 heterocycles. The number of fused-ring (bicyclic) bond motifs is 1. The Bertz CT molecular complexity index is 963. The number of aromatic nitrogens is 5. The van der Waals surface area contributed by atoms with Gasteiger partial charge in [-0.1, -0.05) is 0 Å². The molecule has 3 aromatic rings. The maximum Gasteiger partial charge on any atom is 0.453 e. The molecule has 0 amide bonds. The monoisotopic (exact) mass is 393 g/mol. The highest BCUT2D eigenvalue weighted by Gasteiger charge is 2.37. The fourth-order valence-electron chi connectivity index (χ4n) is 3.19. The third-order valence-corrected chi connectivity index (χ3v) is 4.28. The Morgan fingerprint density at radius 2 is 1.82 bits per heavy atom. The Kier molecular flexibility index (Phi) is 4.53. The van der Waals surface area contributed by atoms with Crippen LogP contribution in [0.25, 0.3) is 5.65 Å². The van der Waals surface area contributed by atoms with E-state index in [0.717, 1.165) is 18.9 Å². The van der Waals surface area contributed by atoms with Crippen molar-refractivity contribution >= 4 is 23.0 Å². The third kappa shape index (κ3) is 3.70. The van der Waals surface area contributed by atoms with Gasteiger partial charge >= 0.3 is 6.18 Å². The minimum atomic E-state index is -4.64. The lowest BCUT2D eigenvalue weighted by molar-refractivity contribution is -0.146. The molecule has 4 rings (SSSR count). The van der Waals surface area contributed by atoms with Gasteiger partial charge in [0, 0.05) is 13.1 Å². The number of anilines is 3. The molecule has 11 heteroatoms. The van der Waals surface area contributed by atoms with Crippen molar-refractivity contribution in [3.63, 3.8) is 0 Å². The number of hydrogen-bond donors (Lipinski definition) is 1. The van der Waals surface area contributed by atoms with E-state index in [0.29, 0.717) is 10.2 Å². The van der Waals surface area contributed by atoms with Crippen LogP contribution in [0.1, 0.15) is 19.7 Å². The molecule has 0 saturated carbocycles. The molecule has 1 aliphatic rings. The van der Waals surface area contributed by atoms with E-state index in [-0.39, 0.29) is 23.7 Å². The Morgan fingerprint density at radius 1 is 1.07 bits per heavy atom. The molecule has 0 bridgehead atoms. The number of ether oxygens (including phenoxy) is 1. The fourth-order valence-corrected chi connectivity index (χ4v) is 3.19. The van der Waals surface area contributed by atoms with Gasteiger partial charge in [0.15, 0.2) is 11.5 Å². The first-order valence-corrected chi connectivity index (χ1v) is 8.73. The van der Waals surface area contributed by atoms with E-state index in [1.807, 2.05) is 19.9 Å². The van der Waals surface area contributed by atoms with Gasteiger partial charge in [0.2, 0.25) is 0 Å². The van der Waals surface area contributed by atoms with Gasteiger partial charge in [-0.2, -0.15) is 17.7 Å². The van der Waals surface area contributed by atoms with Gasteiger partial charge in [0.05, 0.1) is 24.1 Å². The fraction of sp³-hybridized carbons (Fsp3) is 0.412. The smallest absolute Gasteiger partial charge is 0.372 e. The summed E-state index contributed by atoms with van der Waals surface area (Å²) in [5, 5.41) is 13.5. The molecule has 1 N–H and O–H groups in total. The molecule has 0 aromatic carbocycles. The SMILES string of the molecule is C[C@@H]1CN(c2ccc(Nc3ccc4nnc(C(F)(F)F)n4n3)cn2)C[C@@H](C)O1. The average Bonchev–Trinajstić information content (AvgIpc) is 3.05. The Labute approximate surface area is 158 Å². The molecule has 3 aromatic heterocycles. The number of hydrogen-bond acceptors (Lipinski definition) is 7. The molecule has 28 heavy (non-hydrogen) atoms. The molecule has 148 valence electrons. The van der Waals surface area contributed by atoms with Crippen LogP contribution in [0.3, 0.4) is 0 Å². The molecule has 0 aliphatic carbocycles. The number of nitrogens with one attached hydrogen (secondary N) is 1. The first-order valence-electron chi connectivity index (χ1n) is 8.73. The van der Waals surface area contributed by atoms with Gasteiger partial charge < -0.3 is 15.0 Å². The van der Waals surface area contributed by atoms with E-state index >= 15 is 0 Å². The third-order valence-electron chi connectivity index (χ3n) is 4.28. The highest BCUT2D eigenvalue weighted by molar-refractivity contribution is 5.58. The van der Waals surface area contributed by atoms with Crippen molar-refractivity contribution in [1.82, 2.24) is 24.8 Å². The zero-order valence-corrected chi connectivity index (χ0v) is 15.2. The van der Waals surface area contributed by atoms with Gasteiger partial charge in [0.25, 0.3) is 5.82 Å². The van der Waals surface area contributed by atoms with E-state index in [4.69, 9.17) is 4.74 Å². The lowest BCUT2D eigenvalue weighted by atomic mass is 10.2. The number of pyridine rings is 1. The van der Waals surface area contributed by atoms with Crippen LogP contribution in [0, 0.1) is 0 Å². The predicted molar refractivity (Wildman–Crippen MR) is 95.5 cm³/mol. The first-order chi connectivity index (χ1) is 13.3. The molecule has 8 nitrogen and oxygen atoms in total. The molecule has 1 fully saturated rings. The summed E-state index contributed by atoms with van der Waals surface area (Å²) in [7, 11) is 0. The second kappa shape index (κ2) is 6.89. The zero-order chi connectivity index (χ0) is 19.9. The summed E-state index contributed by atoms with van der Waals surface area (Å²) in [6.07, 6.45) is -2.79. The maximum atomic E-state index is 13.0. The summed E-state index contributed by atoms with van der Waals surface area (Å²) in [5.41, 5.74) is 0.619. The predicted octanol–water partition coefficient (Wildman–Crippen LogP) is 2.90. The lowest BCUT2D eigenvalue weighted by Gasteiger charge is -2.36. The standard InChI is InChI=1S/C17H18F3N7O/c1-10-8-26(9-11(2)28-10)14-5-3-12(7-21-14)22-13-4-6-15-23-24-16(17(18,19)20)27(15)25-13/h3-7,10-11H,8-9H2,1-2H3,(H,22,25)/t10-,11-/m1/s1. The van der Waals surface area contributed by atoms with Crippen molar-refractivity contribution in [2.75, 3.05) is 23.3 Å². The van der Waals surface area contributed by atoms with Crippen LogP contribution in [0.4, 0.5) is 30.5 Å². The van der Waals surface area contributed by atoms with E-state index in [1.54, 1.807) is 12.3 Å². The lowest BCUT2D eigenvalue weighted by Crippen LogP contribution is -2.45. The van der Waals surface area contributed by atoms with Crippen molar-refractivity contribution < 1.29 is 17.9 Å². The molecule has 1 saturated heterocycles. The summed E-state index contributed by atoms with van der Waals surface area (Å²) >= 11 is 0. The van der Waals surface area contributed by atoms with Crippen LogP contribution in [-0.2, 0) is 10.9 Å². The van der Waals surface area contributed by atoms with Gasteiger partial charge in [-0.25, -0.2) is 4.98 Å². The Balaban J connectivity index is 1.53. The second-order valence-corrected chi connectivity index (χ2v) is 6.70. The first kappa shape index (κ1) is 18.4. The topological polar surface area (TPSA) is 80.5 Å². The van der Waals surface area contributed by atoms with Gasteiger partial charge in [0.1, 0.15) is 5.82 Å². The van der Waals surface area contributed by atoms with Gasteiger partial charge in [-0.05, 0) is 38.1 Å². The number of halogens is 3. The minimum Gasteiger partial charge on any atom is -0.372 e. The Morgan fingerprint density at radius 3 is 2.46 bits per heavy atom. The maximum absolute atomic E-state index is 13.0. The number of nitrogens with zero attached hydrogens (tertiary/aromatic N) is 6. The summed E-state index contributed by atoms with van der Waals surface area (Å²) in [6, 6.07) is 6.60. The van der Waals surface area contributed by atoms with E-state index in [1.165, 1.54) is 12.1 Å². The largest absolute Gasteiger partial charge is 0.453 e. The normalized spacial score (nSPS) is 20.5. The highest BCUT2D eigenvalue weighted by atomic mass is 19.4. The van der Waals surface area contributed by atoms with E-state index < -0.39 is 12.0 Å². The quantitative estimate of drug-likeness (QED) is 0.733. The molecular formula is C17H18F3N7O. The van der Waals surface area contributed by atoms with Gasteiger partial charge in [-0.3, -0.25) is 0 Å². The molecule has 2 atom stereocenters. The molecule has 0 spiro atoms. The van der Waals surface area contributed by atoms with Crippen molar-refractivity contribution in [3.8, 4) is 0 Å². The van der Waals surface area contributed by atoms with Crippen LogP contribution < -0.4 is 10.2 Å². The second-order valence-electron chi connectivity index (χ2n) is 6.70. The highest BCUT2D eigenvalue weighted by Crippen LogP contribution is 2.28. The van der Waals surface area contributed by atoms with Gasteiger partial charge in [-0.15, -0.1) is 15.3 Å². The molecule has 1 aliphatic heterocycles. The Hall–Kier alpha value is -2.95. The summed E-state index contributed by atoms with van der Waals surface area (Å²) in [6.45, 7) is 5.52. The van der Waals surface area contributed by atoms with Crippen LogP contribution >= 0.6 is 0 Å².